The number of carbonyl (C=O) groups is 1. The maximum absolute atomic E-state index is 12.7. The largest absolute Gasteiger partial charge is 0.481 e. The minimum absolute atomic E-state index is 0.157. The highest BCUT2D eigenvalue weighted by Crippen LogP contribution is 2.16. The number of carbonyl (C=O) groups excluding carboxylic acids is 1. The molecule has 1 amide bonds. The molecule has 1 aliphatic heterocycles. The van der Waals surface area contributed by atoms with Gasteiger partial charge in [0.25, 0.3) is 5.91 Å². The van der Waals surface area contributed by atoms with Gasteiger partial charge >= 0.3 is 0 Å². The molecule has 4 nitrogen and oxygen atoms in total. The Morgan fingerprint density at radius 1 is 1.50 bits per heavy atom. The Morgan fingerprint density at radius 3 is 2.72 bits per heavy atom. The highest BCUT2D eigenvalue weighted by atomic mass is 19.1. The van der Waals surface area contributed by atoms with Gasteiger partial charge in [-0.05, 0) is 37.6 Å². The Hall–Kier alpha value is -1.62. The SMILES string of the molecule is CC(Oc1ccc(F)cc1)C(=O)N1CC[C@H](O)C1. The second kappa shape index (κ2) is 5.35. The molecule has 1 aliphatic rings. The Labute approximate surface area is 105 Å². The van der Waals surface area contributed by atoms with Crippen molar-refractivity contribution in [1.82, 2.24) is 4.90 Å². The minimum Gasteiger partial charge on any atom is -0.481 e. The summed E-state index contributed by atoms with van der Waals surface area (Å²) in [5.74, 6) is -0.0446. The maximum Gasteiger partial charge on any atom is 0.263 e. The number of rotatable bonds is 3. The zero-order valence-electron chi connectivity index (χ0n) is 10.2. The van der Waals surface area contributed by atoms with Crippen LogP contribution >= 0.6 is 0 Å². The fourth-order valence-electron chi connectivity index (χ4n) is 1.97. The Morgan fingerprint density at radius 2 is 2.17 bits per heavy atom. The van der Waals surface area contributed by atoms with Crippen molar-refractivity contribution in [3.63, 3.8) is 0 Å². The first-order valence-electron chi connectivity index (χ1n) is 5.95. The molecule has 1 N–H and O–H groups in total. The summed E-state index contributed by atoms with van der Waals surface area (Å²) in [7, 11) is 0. The molecular formula is C13H16FNO3. The molecule has 0 aliphatic carbocycles. The van der Waals surface area contributed by atoms with Crippen LogP contribution in [0.1, 0.15) is 13.3 Å². The molecule has 0 spiro atoms. The molecule has 2 rings (SSSR count). The quantitative estimate of drug-likeness (QED) is 0.880. The molecule has 0 aromatic heterocycles. The molecule has 18 heavy (non-hydrogen) atoms. The second-order valence-corrected chi connectivity index (χ2v) is 4.44. The van der Waals surface area contributed by atoms with E-state index in [2.05, 4.69) is 0 Å². The monoisotopic (exact) mass is 253 g/mol. The number of nitrogens with zero attached hydrogens (tertiary/aromatic N) is 1. The van der Waals surface area contributed by atoms with Crippen molar-refractivity contribution in [1.29, 1.82) is 0 Å². The molecular weight excluding hydrogens is 237 g/mol. The number of halogens is 1. The van der Waals surface area contributed by atoms with E-state index in [-0.39, 0.29) is 11.7 Å². The summed E-state index contributed by atoms with van der Waals surface area (Å²) >= 11 is 0. The molecule has 1 aromatic carbocycles. The summed E-state index contributed by atoms with van der Waals surface area (Å²) in [5.41, 5.74) is 0. The summed E-state index contributed by atoms with van der Waals surface area (Å²) in [6, 6.07) is 5.54. The van der Waals surface area contributed by atoms with Gasteiger partial charge in [0.15, 0.2) is 6.10 Å². The smallest absolute Gasteiger partial charge is 0.263 e. The number of ether oxygens (including phenoxy) is 1. The Kier molecular flexibility index (Phi) is 3.81. The van der Waals surface area contributed by atoms with E-state index in [1.807, 2.05) is 0 Å². The lowest BCUT2D eigenvalue weighted by Gasteiger charge is -2.21. The van der Waals surface area contributed by atoms with Crippen molar-refractivity contribution in [2.75, 3.05) is 13.1 Å². The maximum atomic E-state index is 12.7. The molecule has 1 aromatic rings. The van der Waals surface area contributed by atoms with E-state index >= 15 is 0 Å². The molecule has 0 bridgehead atoms. The second-order valence-electron chi connectivity index (χ2n) is 4.44. The molecule has 2 atom stereocenters. The van der Waals surface area contributed by atoms with Crippen LogP contribution in [0.3, 0.4) is 0 Å². The van der Waals surface area contributed by atoms with Crippen LogP contribution in [-0.4, -0.2) is 41.2 Å². The van der Waals surface area contributed by atoms with Gasteiger partial charge in [0.05, 0.1) is 6.10 Å². The topological polar surface area (TPSA) is 49.8 Å². The van der Waals surface area contributed by atoms with Crippen LogP contribution in [0.5, 0.6) is 5.75 Å². The fraction of sp³-hybridized carbons (Fsp3) is 0.462. The minimum atomic E-state index is -0.638. The Balaban J connectivity index is 1.93. The summed E-state index contributed by atoms with van der Waals surface area (Å²) in [4.78, 5) is 13.6. The fourth-order valence-corrected chi connectivity index (χ4v) is 1.97. The molecule has 0 radical (unpaired) electrons. The van der Waals surface area contributed by atoms with Crippen molar-refractivity contribution in [3.05, 3.63) is 30.1 Å². The Bertz CT molecular complexity index is 421. The third-order valence-corrected chi connectivity index (χ3v) is 2.95. The van der Waals surface area contributed by atoms with Gasteiger partial charge in [0, 0.05) is 13.1 Å². The first-order chi connectivity index (χ1) is 8.56. The number of likely N-dealkylation sites (tertiary alicyclic amines) is 1. The van der Waals surface area contributed by atoms with Gasteiger partial charge in [0.1, 0.15) is 11.6 Å². The average Bonchev–Trinajstić information content (AvgIpc) is 2.78. The number of benzene rings is 1. The number of β-amino-alcohol motifs (C(OH)–C–C–N with tert-alkyl or cyclic N) is 1. The highest BCUT2D eigenvalue weighted by Gasteiger charge is 2.28. The predicted octanol–water partition coefficient (Wildman–Crippen LogP) is 1.19. The number of amides is 1. The van der Waals surface area contributed by atoms with E-state index < -0.39 is 12.2 Å². The number of hydrogen-bond donors (Lipinski definition) is 1. The van der Waals surface area contributed by atoms with Gasteiger partial charge in [-0.25, -0.2) is 4.39 Å². The molecule has 98 valence electrons. The molecule has 5 heteroatoms. The van der Waals surface area contributed by atoms with Gasteiger partial charge in [-0.15, -0.1) is 0 Å². The summed E-state index contributed by atoms with van der Waals surface area (Å²) in [5, 5.41) is 9.37. The average molecular weight is 253 g/mol. The molecule has 0 saturated carbocycles. The molecule has 1 unspecified atom stereocenters. The molecule has 1 fully saturated rings. The van der Waals surface area contributed by atoms with Gasteiger partial charge in [0.2, 0.25) is 0 Å². The van der Waals surface area contributed by atoms with Crippen molar-refractivity contribution in [3.8, 4) is 5.75 Å². The predicted molar refractivity (Wildman–Crippen MR) is 63.7 cm³/mol. The van der Waals surface area contributed by atoms with Gasteiger partial charge in [-0.2, -0.15) is 0 Å². The van der Waals surface area contributed by atoms with E-state index in [0.717, 1.165) is 0 Å². The van der Waals surface area contributed by atoms with Crippen LogP contribution in [0.25, 0.3) is 0 Å². The van der Waals surface area contributed by atoms with E-state index in [1.54, 1.807) is 11.8 Å². The van der Waals surface area contributed by atoms with E-state index in [1.165, 1.54) is 24.3 Å². The lowest BCUT2D eigenvalue weighted by molar-refractivity contribution is -0.137. The van der Waals surface area contributed by atoms with Crippen molar-refractivity contribution in [2.24, 2.45) is 0 Å². The molecule has 1 saturated heterocycles. The summed E-state index contributed by atoms with van der Waals surface area (Å²) in [6.45, 7) is 2.56. The normalized spacial score (nSPS) is 20.8. The third-order valence-electron chi connectivity index (χ3n) is 2.95. The van der Waals surface area contributed by atoms with Crippen LogP contribution in [0.2, 0.25) is 0 Å². The number of hydrogen-bond acceptors (Lipinski definition) is 3. The number of aliphatic hydroxyl groups is 1. The van der Waals surface area contributed by atoms with Crippen LogP contribution < -0.4 is 4.74 Å². The zero-order chi connectivity index (χ0) is 13.1. The van der Waals surface area contributed by atoms with Crippen LogP contribution in [0.4, 0.5) is 4.39 Å². The number of aliphatic hydroxyl groups excluding tert-OH is 1. The lowest BCUT2D eigenvalue weighted by Crippen LogP contribution is -2.39. The first-order valence-corrected chi connectivity index (χ1v) is 5.95. The van der Waals surface area contributed by atoms with Gasteiger partial charge in [-0.3, -0.25) is 4.79 Å². The molecule has 1 heterocycles. The van der Waals surface area contributed by atoms with Gasteiger partial charge in [-0.1, -0.05) is 0 Å². The van der Waals surface area contributed by atoms with Crippen LogP contribution in [0, 0.1) is 5.82 Å². The van der Waals surface area contributed by atoms with Crippen LogP contribution in [-0.2, 0) is 4.79 Å². The summed E-state index contributed by atoms with van der Waals surface area (Å²) < 4.78 is 18.2. The van der Waals surface area contributed by atoms with Crippen molar-refractivity contribution >= 4 is 5.91 Å². The standard InChI is InChI=1S/C13H16FNO3/c1-9(13(17)15-7-6-11(16)8-15)18-12-4-2-10(14)3-5-12/h2-5,9,11,16H,6-8H2,1H3/t9?,11-/m0/s1. The lowest BCUT2D eigenvalue weighted by atomic mass is 10.3. The first kappa shape index (κ1) is 12.8. The van der Waals surface area contributed by atoms with E-state index in [0.29, 0.717) is 25.3 Å². The summed E-state index contributed by atoms with van der Waals surface area (Å²) in [6.07, 6.45) is -0.470. The third kappa shape index (κ3) is 2.98. The zero-order valence-corrected chi connectivity index (χ0v) is 10.2. The van der Waals surface area contributed by atoms with Gasteiger partial charge < -0.3 is 14.7 Å². The highest BCUT2D eigenvalue weighted by molar-refractivity contribution is 5.81. The van der Waals surface area contributed by atoms with Crippen molar-refractivity contribution < 1.29 is 19.0 Å². The van der Waals surface area contributed by atoms with E-state index in [9.17, 15) is 14.3 Å². The van der Waals surface area contributed by atoms with E-state index in [4.69, 9.17) is 4.74 Å². The van der Waals surface area contributed by atoms with Crippen molar-refractivity contribution in [2.45, 2.75) is 25.6 Å². The van der Waals surface area contributed by atoms with Crippen LogP contribution in [0.15, 0.2) is 24.3 Å².